The van der Waals surface area contributed by atoms with Gasteiger partial charge in [0, 0.05) is 98.8 Å². The lowest BCUT2D eigenvalue weighted by atomic mass is 9.98. The van der Waals surface area contributed by atoms with Crippen molar-refractivity contribution in [3.8, 4) is 112 Å². The van der Waals surface area contributed by atoms with Crippen LogP contribution in [0.2, 0.25) is 0 Å². The summed E-state index contributed by atoms with van der Waals surface area (Å²) in [6.45, 7) is 0. The van der Waals surface area contributed by atoms with Crippen LogP contribution >= 0.6 is 0 Å². The van der Waals surface area contributed by atoms with E-state index in [1.54, 1.807) is 0 Å². The van der Waals surface area contributed by atoms with Crippen molar-refractivity contribution in [2.24, 2.45) is 0 Å². The van der Waals surface area contributed by atoms with Gasteiger partial charge in [-0.05, 0) is 298 Å². The summed E-state index contributed by atoms with van der Waals surface area (Å²) in [5.41, 5.74) is 38.5. The highest BCUT2D eigenvalue weighted by atomic mass is 15.0. The molecule has 150 heavy (non-hydrogen) atoms. The van der Waals surface area contributed by atoms with Crippen molar-refractivity contribution in [3.63, 3.8) is 0 Å². The molecule has 0 saturated heterocycles. The molecule has 0 N–H and O–H groups in total. The van der Waals surface area contributed by atoms with Crippen LogP contribution in [0.1, 0.15) is 0 Å². The molecular formula is C144H94N6. The van der Waals surface area contributed by atoms with Crippen LogP contribution in [0.25, 0.3) is 275 Å². The first kappa shape index (κ1) is 86.7. The third-order valence-electron chi connectivity index (χ3n) is 30.8. The molecule has 0 amide bonds. The lowest BCUT2D eigenvalue weighted by molar-refractivity contribution is 1.18. The van der Waals surface area contributed by atoms with Gasteiger partial charge < -0.3 is 27.4 Å². The third-order valence-corrected chi connectivity index (χ3v) is 30.8. The average Bonchev–Trinajstić information content (AvgIpc) is 1.58. The first-order valence-electron chi connectivity index (χ1n) is 51.6. The Morgan fingerprint density at radius 2 is 0.267 bits per heavy atom. The maximum atomic E-state index is 2.44. The lowest BCUT2D eigenvalue weighted by Crippen LogP contribution is -1.96. The van der Waals surface area contributed by atoms with E-state index in [0.29, 0.717) is 0 Å². The standard InChI is InChI=1S/C52H34N2.2C46H30N2/c1-3-13-35(14-4-1)41-29-42(36-15-5-2-6-16-36)32-44(31-41)54-50-22-12-10-20-46(50)48-34-40(25-28-52(48)54)39-24-27-51-47(33-39)45-19-9-11-21-49(45)53(51)43-26-23-37-17-7-8-18-38(37)30-43;1-2-11-31(12-3-1)34-15-10-16-37(27-34)47-43-19-8-6-17-39(43)41-29-35(22-25-45(41)47)36-23-26-46-42(30-36)40-18-7-9-20-44(40)48(46)38-24-21-32-13-4-5-14-33(32)28-38;1-2-10-31(11-3-1)33-18-23-37(24-19-33)47-43-16-8-6-14-39(43)41-29-35(21-26-45(41)47)36-22-27-46-42(30-36)40-15-7-9-17-44(40)48(46)38-25-20-32-12-4-5-13-34(32)28-38/h1-34H;2*1-30H. The number of benzene rings is 25. The molecule has 0 spiro atoms. The molecule has 0 radical (unpaired) electrons. The minimum Gasteiger partial charge on any atom is -0.309 e. The normalized spacial score (nSPS) is 11.7. The van der Waals surface area contributed by atoms with Crippen LogP contribution < -0.4 is 0 Å². The zero-order valence-corrected chi connectivity index (χ0v) is 82.0. The summed E-state index contributed by atoms with van der Waals surface area (Å²) in [4.78, 5) is 0. The maximum absolute atomic E-state index is 2.44. The number of hydrogen-bond donors (Lipinski definition) is 0. The fourth-order valence-corrected chi connectivity index (χ4v) is 23.8. The lowest BCUT2D eigenvalue weighted by Gasteiger charge is -2.14. The highest BCUT2D eigenvalue weighted by Crippen LogP contribution is 2.47. The van der Waals surface area contributed by atoms with Crippen LogP contribution in [-0.2, 0) is 0 Å². The Morgan fingerprint density at radius 3 is 0.560 bits per heavy atom. The van der Waals surface area contributed by atoms with Gasteiger partial charge in [0.2, 0.25) is 0 Å². The largest absolute Gasteiger partial charge is 0.309 e. The quantitative estimate of drug-likeness (QED) is 0.110. The zero-order chi connectivity index (χ0) is 98.8. The monoisotopic (exact) mass is 1910 g/mol. The van der Waals surface area contributed by atoms with Gasteiger partial charge in [-0.2, -0.15) is 0 Å². The SMILES string of the molecule is c1ccc(-c2cc(-c3ccccc3)cc(-n3c4ccccc4c4cc(-c5ccc6c(c5)c5ccccc5n6-c5ccc6ccccc6c5)ccc43)c2)cc1.c1ccc(-c2ccc(-n3c4ccccc4c4cc(-c5ccc6c(c5)c5ccccc5n6-c5ccc6ccccc6c5)ccc43)cc2)cc1.c1ccc(-c2cccc(-n3c4ccccc4c4cc(-c5ccc6c(c5)c5ccccc5n6-c5ccc6ccccc6c5)ccc43)c2)cc1. The molecule has 0 bridgehead atoms. The zero-order valence-electron chi connectivity index (χ0n) is 82.0. The average molecular weight is 1910 g/mol. The molecule has 0 aliphatic rings. The molecule has 6 heteroatoms. The van der Waals surface area contributed by atoms with E-state index in [-0.39, 0.29) is 0 Å². The van der Waals surface area contributed by atoms with Crippen molar-refractivity contribution >= 4 is 163 Å². The van der Waals surface area contributed by atoms with Crippen molar-refractivity contribution in [1.82, 2.24) is 27.4 Å². The van der Waals surface area contributed by atoms with Gasteiger partial charge >= 0.3 is 0 Å². The summed E-state index contributed by atoms with van der Waals surface area (Å²) in [5.74, 6) is 0. The Morgan fingerprint density at radius 1 is 0.0800 bits per heavy atom. The predicted octanol–water partition coefficient (Wildman–Crippen LogP) is 38.8. The minimum absolute atomic E-state index is 1.15. The number of aromatic nitrogens is 6. The molecule has 0 saturated carbocycles. The first-order chi connectivity index (χ1) is 74.4. The van der Waals surface area contributed by atoms with E-state index in [1.165, 1.54) is 264 Å². The van der Waals surface area contributed by atoms with Gasteiger partial charge in [0.15, 0.2) is 0 Å². The van der Waals surface area contributed by atoms with Gasteiger partial charge in [-0.1, -0.05) is 382 Å². The van der Waals surface area contributed by atoms with Crippen LogP contribution in [0.3, 0.4) is 0 Å². The van der Waals surface area contributed by atoms with E-state index in [0.717, 1.165) is 11.4 Å². The topological polar surface area (TPSA) is 29.6 Å². The van der Waals surface area contributed by atoms with Crippen LogP contribution in [0.5, 0.6) is 0 Å². The second kappa shape index (κ2) is 36.1. The summed E-state index contributed by atoms with van der Waals surface area (Å²) in [6.07, 6.45) is 0. The van der Waals surface area contributed by atoms with Crippen LogP contribution in [-0.4, -0.2) is 27.4 Å². The van der Waals surface area contributed by atoms with Gasteiger partial charge in [-0.15, -0.1) is 0 Å². The minimum atomic E-state index is 1.15. The summed E-state index contributed by atoms with van der Waals surface area (Å²) >= 11 is 0. The Balaban J connectivity index is 0.000000106. The van der Waals surface area contributed by atoms with Crippen LogP contribution in [0, 0.1) is 0 Å². The van der Waals surface area contributed by atoms with Crippen LogP contribution in [0.4, 0.5) is 0 Å². The predicted molar refractivity (Wildman–Crippen MR) is 636 cm³/mol. The van der Waals surface area contributed by atoms with Gasteiger partial charge in [-0.25, -0.2) is 0 Å². The molecule has 700 valence electrons. The molecule has 0 aliphatic carbocycles. The molecule has 31 aromatic rings. The van der Waals surface area contributed by atoms with Gasteiger partial charge in [-0.3, -0.25) is 0 Å². The number of para-hydroxylation sites is 6. The second-order valence-corrected chi connectivity index (χ2v) is 39.4. The molecule has 25 aromatic carbocycles. The van der Waals surface area contributed by atoms with Gasteiger partial charge in [0.05, 0.1) is 66.2 Å². The fraction of sp³-hybridized carbons (Fsp3) is 0. The molecule has 6 nitrogen and oxygen atoms in total. The highest BCUT2D eigenvalue weighted by Gasteiger charge is 2.24. The van der Waals surface area contributed by atoms with Gasteiger partial charge in [0.1, 0.15) is 0 Å². The van der Waals surface area contributed by atoms with Crippen molar-refractivity contribution < 1.29 is 0 Å². The van der Waals surface area contributed by atoms with Crippen molar-refractivity contribution in [2.75, 3.05) is 0 Å². The van der Waals surface area contributed by atoms with Crippen molar-refractivity contribution in [3.05, 3.63) is 570 Å². The molecule has 0 aliphatic heterocycles. The molecule has 6 heterocycles. The number of nitrogens with zero attached hydrogens (tertiary/aromatic N) is 6. The highest BCUT2D eigenvalue weighted by molar-refractivity contribution is 6.18. The van der Waals surface area contributed by atoms with E-state index in [2.05, 4.69) is 598 Å². The number of fused-ring (bicyclic) bond motifs is 21. The van der Waals surface area contributed by atoms with Crippen LogP contribution in [0.15, 0.2) is 570 Å². The number of rotatable bonds is 13. The summed E-state index contributed by atoms with van der Waals surface area (Å²) in [6, 6.07) is 208. The summed E-state index contributed by atoms with van der Waals surface area (Å²) < 4.78 is 14.4. The van der Waals surface area contributed by atoms with E-state index in [1.807, 2.05) is 0 Å². The molecule has 31 rings (SSSR count). The van der Waals surface area contributed by atoms with Crippen molar-refractivity contribution in [1.29, 1.82) is 0 Å². The van der Waals surface area contributed by atoms with E-state index in [9.17, 15) is 0 Å². The second-order valence-electron chi connectivity index (χ2n) is 39.4. The molecule has 6 aromatic heterocycles. The Bertz CT molecular complexity index is 10700. The Hall–Kier alpha value is -19.9. The van der Waals surface area contributed by atoms with E-state index in [4.69, 9.17) is 0 Å². The summed E-state index contributed by atoms with van der Waals surface area (Å²) in [7, 11) is 0. The third kappa shape index (κ3) is 14.9. The fourth-order valence-electron chi connectivity index (χ4n) is 23.8. The van der Waals surface area contributed by atoms with Crippen molar-refractivity contribution in [2.45, 2.75) is 0 Å². The summed E-state index contributed by atoms with van der Waals surface area (Å²) in [5, 5.41) is 22.6. The number of hydrogen-bond acceptors (Lipinski definition) is 0. The Kier molecular flexibility index (Phi) is 20.9. The molecule has 0 atom stereocenters. The molecule has 0 fully saturated rings. The van der Waals surface area contributed by atoms with E-state index >= 15 is 0 Å². The Labute approximate surface area is 866 Å². The molecule has 0 unspecified atom stereocenters. The molecular weight excluding hydrogens is 1810 g/mol. The smallest absolute Gasteiger partial charge is 0.0541 e. The maximum Gasteiger partial charge on any atom is 0.0541 e. The van der Waals surface area contributed by atoms with E-state index < -0.39 is 0 Å². The first-order valence-corrected chi connectivity index (χ1v) is 51.6. The van der Waals surface area contributed by atoms with Gasteiger partial charge in [0.25, 0.3) is 0 Å².